The Kier molecular flexibility index (Phi) is 5.98. The third-order valence-corrected chi connectivity index (χ3v) is 2.60. The zero-order valence-electron chi connectivity index (χ0n) is 11.6. The molecule has 1 aromatic rings. The standard InChI is InChI=1S/C12H21N5O2/c1-4-6-9(3)15-11-10(17(18)19)8-14-12(16-11)13-7-5-2/h8-9H,4-7H2,1-3H3,(H2,13,14,15,16). The predicted molar refractivity (Wildman–Crippen MR) is 75.5 cm³/mol. The van der Waals surface area contributed by atoms with Crippen molar-refractivity contribution < 1.29 is 4.92 Å². The summed E-state index contributed by atoms with van der Waals surface area (Å²) in [6, 6.07) is 0.137. The molecule has 0 aliphatic rings. The van der Waals surface area contributed by atoms with E-state index in [0.29, 0.717) is 5.95 Å². The van der Waals surface area contributed by atoms with Gasteiger partial charge >= 0.3 is 5.69 Å². The van der Waals surface area contributed by atoms with Crippen LogP contribution in [-0.4, -0.2) is 27.5 Å². The van der Waals surface area contributed by atoms with Gasteiger partial charge in [-0.3, -0.25) is 10.1 Å². The van der Waals surface area contributed by atoms with Gasteiger partial charge < -0.3 is 10.6 Å². The maximum Gasteiger partial charge on any atom is 0.329 e. The average Bonchev–Trinajstić information content (AvgIpc) is 2.36. The van der Waals surface area contributed by atoms with Crippen LogP contribution in [0, 0.1) is 10.1 Å². The van der Waals surface area contributed by atoms with Gasteiger partial charge in [-0.1, -0.05) is 20.3 Å². The van der Waals surface area contributed by atoms with Gasteiger partial charge in [-0.25, -0.2) is 4.98 Å². The number of aromatic nitrogens is 2. The van der Waals surface area contributed by atoms with Gasteiger partial charge in [0.1, 0.15) is 6.20 Å². The second-order valence-electron chi connectivity index (χ2n) is 4.45. The van der Waals surface area contributed by atoms with Crippen molar-refractivity contribution in [3.8, 4) is 0 Å². The van der Waals surface area contributed by atoms with Crippen molar-refractivity contribution in [2.24, 2.45) is 0 Å². The van der Waals surface area contributed by atoms with E-state index in [2.05, 4.69) is 27.5 Å². The molecule has 19 heavy (non-hydrogen) atoms. The Labute approximate surface area is 113 Å². The first-order chi connectivity index (χ1) is 9.08. The largest absolute Gasteiger partial charge is 0.362 e. The fraction of sp³-hybridized carbons (Fsp3) is 0.667. The number of hydrogen-bond donors (Lipinski definition) is 2. The minimum Gasteiger partial charge on any atom is -0.362 e. The van der Waals surface area contributed by atoms with E-state index in [0.717, 1.165) is 25.8 Å². The molecule has 0 aliphatic heterocycles. The van der Waals surface area contributed by atoms with Crippen LogP contribution in [-0.2, 0) is 0 Å². The van der Waals surface area contributed by atoms with E-state index in [-0.39, 0.29) is 17.5 Å². The Morgan fingerprint density at radius 3 is 2.74 bits per heavy atom. The Morgan fingerprint density at radius 2 is 2.16 bits per heavy atom. The number of nitrogens with one attached hydrogen (secondary N) is 2. The summed E-state index contributed by atoms with van der Waals surface area (Å²) in [6.45, 7) is 6.82. The molecule has 0 aromatic carbocycles. The molecule has 1 unspecified atom stereocenters. The van der Waals surface area contributed by atoms with Gasteiger partial charge in [-0.15, -0.1) is 0 Å². The molecule has 0 saturated heterocycles. The Morgan fingerprint density at radius 1 is 1.42 bits per heavy atom. The fourth-order valence-corrected chi connectivity index (χ4v) is 1.68. The Balaban J connectivity index is 2.91. The fourth-order valence-electron chi connectivity index (χ4n) is 1.68. The number of nitrogens with zero attached hydrogens (tertiary/aromatic N) is 3. The van der Waals surface area contributed by atoms with Crippen molar-refractivity contribution >= 4 is 17.5 Å². The van der Waals surface area contributed by atoms with Crippen LogP contribution < -0.4 is 10.6 Å². The molecule has 1 rings (SSSR count). The van der Waals surface area contributed by atoms with Crippen molar-refractivity contribution in [3.63, 3.8) is 0 Å². The molecule has 1 aromatic heterocycles. The summed E-state index contributed by atoms with van der Waals surface area (Å²) >= 11 is 0. The van der Waals surface area contributed by atoms with Crippen molar-refractivity contribution in [1.29, 1.82) is 0 Å². The van der Waals surface area contributed by atoms with E-state index in [4.69, 9.17) is 0 Å². The molecule has 2 N–H and O–H groups in total. The first-order valence-corrected chi connectivity index (χ1v) is 6.60. The molecule has 106 valence electrons. The number of anilines is 2. The zero-order valence-corrected chi connectivity index (χ0v) is 11.6. The van der Waals surface area contributed by atoms with Crippen molar-refractivity contribution in [3.05, 3.63) is 16.3 Å². The summed E-state index contributed by atoms with van der Waals surface area (Å²) in [6.07, 6.45) is 4.12. The van der Waals surface area contributed by atoms with Crippen molar-refractivity contribution in [2.75, 3.05) is 17.2 Å². The second-order valence-corrected chi connectivity index (χ2v) is 4.45. The highest BCUT2D eigenvalue weighted by atomic mass is 16.6. The minimum absolute atomic E-state index is 0.0926. The van der Waals surface area contributed by atoms with Crippen LogP contribution >= 0.6 is 0 Å². The van der Waals surface area contributed by atoms with Gasteiger partial charge in [0.25, 0.3) is 0 Å². The summed E-state index contributed by atoms with van der Waals surface area (Å²) in [7, 11) is 0. The lowest BCUT2D eigenvalue weighted by molar-refractivity contribution is -0.384. The normalized spacial score (nSPS) is 11.9. The van der Waals surface area contributed by atoms with E-state index in [1.165, 1.54) is 6.20 Å². The second kappa shape index (κ2) is 7.50. The molecular formula is C12H21N5O2. The third kappa shape index (κ3) is 4.69. The molecule has 0 saturated carbocycles. The summed E-state index contributed by atoms with van der Waals surface area (Å²) in [5, 5.41) is 17.0. The summed E-state index contributed by atoms with van der Waals surface area (Å²) in [5.74, 6) is 0.693. The van der Waals surface area contributed by atoms with E-state index in [1.54, 1.807) is 0 Å². The van der Waals surface area contributed by atoms with Crippen LogP contribution in [0.5, 0.6) is 0 Å². The van der Waals surface area contributed by atoms with Crippen LogP contribution in [0.25, 0.3) is 0 Å². The van der Waals surface area contributed by atoms with E-state index >= 15 is 0 Å². The molecule has 0 fully saturated rings. The first kappa shape index (κ1) is 15.1. The van der Waals surface area contributed by atoms with Gasteiger partial charge in [-0.05, 0) is 19.8 Å². The smallest absolute Gasteiger partial charge is 0.329 e. The van der Waals surface area contributed by atoms with Gasteiger partial charge in [0.15, 0.2) is 0 Å². The van der Waals surface area contributed by atoms with Gasteiger partial charge in [-0.2, -0.15) is 4.98 Å². The molecule has 7 nitrogen and oxygen atoms in total. The average molecular weight is 267 g/mol. The van der Waals surface area contributed by atoms with Gasteiger partial charge in [0, 0.05) is 12.6 Å². The maximum atomic E-state index is 11.0. The maximum absolute atomic E-state index is 11.0. The van der Waals surface area contributed by atoms with Crippen LogP contribution in [0.2, 0.25) is 0 Å². The molecule has 0 bridgehead atoms. The van der Waals surface area contributed by atoms with Crippen LogP contribution in [0.1, 0.15) is 40.0 Å². The molecule has 0 spiro atoms. The Bertz CT molecular complexity index is 425. The summed E-state index contributed by atoms with van der Waals surface area (Å²) in [4.78, 5) is 18.6. The quantitative estimate of drug-likeness (QED) is 0.555. The number of rotatable bonds is 8. The van der Waals surface area contributed by atoms with Crippen LogP contribution in [0.15, 0.2) is 6.20 Å². The molecule has 1 atom stereocenters. The highest BCUT2D eigenvalue weighted by molar-refractivity contribution is 5.57. The Hall–Kier alpha value is -1.92. The molecule has 0 aliphatic carbocycles. The van der Waals surface area contributed by atoms with Crippen molar-refractivity contribution in [2.45, 2.75) is 46.1 Å². The molecular weight excluding hydrogens is 246 g/mol. The molecule has 1 heterocycles. The van der Waals surface area contributed by atoms with Crippen molar-refractivity contribution in [1.82, 2.24) is 9.97 Å². The van der Waals surface area contributed by atoms with E-state index in [1.807, 2.05) is 13.8 Å². The van der Waals surface area contributed by atoms with Gasteiger partial charge in [0.2, 0.25) is 11.8 Å². The van der Waals surface area contributed by atoms with Crippen LogP contribution in [0.4, 0.5) is 17.5 Å². The third-order valence-electron chi connectivity index (χ3n) is 2.60. The number of hydrogen-bond acceptors (Lipinski definition) is 6. The topological polar surface area (TPSA) is 93.0 Å². The van der Waals surface area contributed by atoms with Crippen LogP contribution in [0.3, 0.4) is 0 Å². The highest BCUT2D eigenvalue weighted by Crippen LogP contribution is 2.23. The summed E-state index contributed by atoms with van der Waals surface area (Å²) < 4.78 is 0. The SMILES string of the molecule is CCCNc1ncc([N+](=O)[O-])c(NC(C)CCC)n1. The van der Waals surface area contributed by atoms with E-state index in [9.17, 15) is 10.1 Å². The highest BCUT2D eigenvalue weighted by Gasteiger charge is 2.18. The van der Waals surface area contributed by atoms with Gasteiger partial charge in [0.05, 0.1) is 4.92 Å². The lowest BCUT2D eigenvalue weighted by atomic mass is 10.2. The zero-order chi connectivity index (χ0) is 14.3. The molecule has 7 heteroatoms. The monoisotopic (exact) mass is 267 g/mol. The molecule has 0 radical (unpaired) electrons. The predicted octanol–water partition coefficient (Wildman–Crippen LogP) is 2.81. The lowest BCUT2D eigenvalue weighted by Crippen LogP contribution is -2.17. The molecule has 0 amide bonds. The minimum atomic E-state index is -0.468. The number of nitro groups is 1. The van der Waals surface area contributed by atoms with E-state index < -0.39 is 4.92 Å². The summed E-state index contributed by atoms with van der Waals surface area (Å²) in [5.41, 5.74) is -0.0926. The lowest BCUT2D eigenvalue weighted by Gasteiger charge is -2.14. The first-order valence-electron chi connectivity index (χ1n) is 6.60.